The quantitative estimate of drug-likeness (QED) is 0.00622. The van der Waals surface area contributed by atoms with E-state index in [9.17, 15) is 19.2 Å². The molecule has 0 radical (unpaired) electrons. The summed E-state index contributed by atoms with van der Waals surface area (Å²) >= 11 is 7.71. The normalized spacial score (nSPS) is 11.0. The average Bonchev–Trinajstić information content (AvgIpc) is 1.07. The van der Waals surface area contributed by atoms with E-state index in [0.29, 0.717) is 0 Å². The maximum Gasteiger partial charge on any atom is 1.00 e. The molecule has 0 aliphatic carbocycles. The van der Waals surface area contributed by atoms with Gasteiger partial charge in [0.15, 0.2) is 0 Å². The van der Waals surface area contributed by atoms with Crippen LogP contribution in [-0.4, -0.2) is 63.5 Å². The summed E-state index contributed by atoms with van der Waals surface area (Å²) in [6.45, 7) is 3.59. The van der Waals surface area contributed by atoms with Gasteiger partial charge in [-0.05, 0) is 69.4 Å². The maximum absolute atomic E-state index is 11.4. The molecule has 6 aromatic carbocycles. The van der Waals surface area contributed by atoms with E-state index in [0.717, 1.165) is 56.3 Å². The van der Waals surface area contributed by atoms with Gasteiger partial charge in [0.2, 0.25) is 0 Å². The van der Waals surface area contributed by atoms with Crippen LogP contribution in [0.5, 0.6) is 0 Å². The number of alkyl halides is 1. The van der Waals surface area contributed by atoms with Crippen LogP contribution in [-0.2, 0) is 43.1 Å². The number of carbonyl (C=O) groups excluding carboxylic acids is 5. The molecule has 0 bridgehead atoms. The summed E-state index contributed by atoms with van der Waals surface area (Å²) in [5.74, 6) is -0.887. The molecule has 0 unspecified atom stereocenters. The molecule has 0 N–H and O–H groups in total. The topological polar surface area (TPSA) is 145 Å². The molecule has 0 saturated heterocycles. The summed E-state index contributed by atoms with van der Waals surface area (Å²) in [7, 11) is 3.70. The average molecular weight is 1330 g/mol. The number of methoxy groups -OCH3 is 3. The molecule has 0 aliphatic rings. The molecule has 0 fully saturated rings. The molecule has 0 atom stereocenters. The van der Waals surface area contributed by atoms with Crippen LogP contribution in [0.1, 0.15) is 53.8 Å². The Kier molecular flexibility index (Phi) is 51.9. The number of rotatable bonds is 22. The molecule has 0 aromatic heterocycles. The van der Waals surface area contributed by atoms with E-state index in [4.69, 9.17) is 14.8 Å². The van der Waals surface area contributed by atoms with Crippen molar-refractivity contribution in [3.63, 3.8) is 0 Å². The molecule has 10 nitrogen and oxygen atoms in total. The zero-order valence-corrected chi connectivity index (χ0v) is 59.5. The monoisotopic (exact) mass is 1330 g/mol. The second-order valence-corrected chi connectivity index (χ2v) is 28.5. The minimum Gasteiger partial charge on any atom is -1.00 e. The van der Waals surface area contributed by atoms with Gasteiger partial charge in [0.1, 0.15) is 6.29 Å². The number of allylic oxidation sites excluding steroid dienone is 9. The number of carbonyl (C=O) groups is 5. The molecule has 0 amide bonds. The van der Waals surface area contributed by atoms with E-state index in [2.05, 4.69) is 234 Å². The van der Waals surface area contributed by atoms with Crippen molar-refractivity contribution in [3.8, 4) is 0 Å². The first-order valence-electron chi connectivity index (χ1n) is 25.7. The Labute approximate surface area is 591 Å². The minimum atomic E-state index is -2.86. The first kappa shape index (κ1) is 80.4. The van der Waals surface area contributed by atoms with E-state index >= 15 is 0 Å². The third-order valence-electron chi connectivity index (χ3n) is 11.0. The number of unbranched alkanes of at least 4 members (excludes halogenated alkanes) is 3. The Hall–Kier alpha value is -3.64. The van der Waals surface area contributed by atoms with E-state index in [1.54, 1.807) is 13.0 Å². The van der Waals surface area contributed by atoms with Crippen molar-refractivity contribution in [3.05, 3.63) is 255 Å². The van der Waals surface area contributed by atoms with Crippen molar-refractivity contribution < 1.29 is 153 Å². The number of benzene rings is 6. The summed E-state index contributed by atoms with van der Waals surface area (Å²) in [6, 6.07) is 64.6. The molecule has 0 spiro atoms. The second-order valence-electron chi connectivity index (χ2n) is 16.4. The standard InChI is InChI=1S/C25H26BrO2P.C18H15P.C11H16O2.C7H11BrO2.C4H6O.CH2O3.2K.H/c1-28-25(27)20-12-5-13-21-29(26,22-14-6-2-7-15-22,23-16-8-3-9-17-23)24-18-10-4-11-19-24;1-4-10-16(11-5-1)19(17-12-6-2-7-13-17)18-14-8-3-9-15-18;1-3-4-5-6-7-8-9-10-11(12)13-2;1-10-7(9)5-3-2-4-6-8;1-2-3-4-5;2-1-4-3;;;/h2-4,6-12,14-20H,5,13,21H2,1H3;1-15H;3-6,9-10H,7-8H2,1-2H3;3,5H,2,4,6H2,1H3;2-4H,1H3;1,3H;;;/q;;;;;;2*+1;-1/p-1/b20-12+;;4-3+,6-5-,10-9+;5-3+;3-2+;;;;. The number of halogens is 2. The van der Waals surface area contributed by atoms with Gasteiger partial charge in [-0.3, -0.25) is 9.59 Å². The van der Waals surface area contributed by atoms with Gasteiger partial charge in [0.25, 0.3) is 6.47 Å². The van der Waals surface area contributed by atoms with Crippen LogP contribution >= 0.6 is 44.6 Å². The number of ether oxygens (including phenoxy) is 3. The van der Waals surface area contributed by atoms with Gasteiger partial charge >= 0.3 is 296 Å². The summed E-state index contributed by atoms with van der Waals surface area (Å²) in [5, 5.41) is 14.7. The molecule has 0 heterocycles. The van der Waals surface area contributed by atoms with Gasteiger partial charge in [-0.1, -0.05) is 149 Å². The van der Waals surface area contributed by atoms with Gasteiger partial charge in [-0.25, -0.2) is 9.59 Å². The van der Waals surface area contributed by atoms with E-state index in [1.807, 2.05) is 43.4 Å². The number of hydrogen-bond donors (Lipinski definition) is 0. The molecular formula is C66H76Br2K2O10P2. The summed E-state index contributed by atoms with van der Waals surface area (Å²) in [4.78, 5) is 53.0. The van der Waals surface area contributed by atoms with Crippen LogP contribution in [0.3, 0.4) is 0 Å². The predicted molar refractivity (Wildman–Crippen MR) is 342 cm³/mol. The van der Waals surface area contributed by atoms with Crippen molar-refractivity contribution in [1.82, 2.24) is 0 Å². The van der Waals surface area contributed by atoms with Crippen LogP contribution in [0, 0.1) is 0 Å². The largest absolute Gasteiger partial charge is 1.00 e. The molecule has 6 rings (SSSR count). The molecule has 6 aromatic rings. The zero-order chi connectivity index (χ0) is 58.8. The summed E-state index contributed by atoms with van der Waals surface area (Å²) in [5.41, 5.74) is 0. The number of esters is 3. The SMILES string of the molecule is C/C=C/C=C\CC/C=C/C(=O)OC.C/C=C/C=O.COC(=O)/C=C/CCCBr.COC(=O)/C=C/CCCP(Br)(c1ccccc1)(c1ccccc1)c1ccccc1.O=CO[O-].[H-].[K+].[K+].c1ccc(P(c2ccccc2)c2ccccc2)cc1. The van der Waals surface area contributed by atoms with Gasteiger partial charge in [0, 0.05) is 17.5 Å². The Morgan fingerprint density at radius 2 is 0.793 bits per heavy atom. The first-order chi connectivity index (χ1) is 39.0. The van der Waals surface area contributed by atoms with Crippen molar-refractivity contribution in [2.24, 2.45) is 0 Å². The van der Waals surface area contributed by atoms with Gasteiger partial charge in [-0.2, -0.15) is 0 Å². The second kappa shape index (κ2) is 52.9. The number of aldehydes is 1. The van der Waals surface area contributed by atoms with Gasteiger partial charge in [0.05, 0.1) is 14.2 Å². The fraction of sp³-hybridized carbons (Fsp3) is 0.197. The van der Waals surface area contributed by atoms with Crippen LogP contribution < -0.4 is 140 Å². The van der Waals surface area contributed by atoms with Gasteiger partial charge in [-0.15, -0.1) is 0 Å². The van der Waals surface area contributed by atoms with Crippen LogP contribution in [0.4, 0.5) is 0 Å². The van der Waals surface area contributed by atoms with E-state index < -0.39 is 13.2 Å². The third-order valence-corrected chi connectivity index (χ3v) is 24.0. The molecule has 82 heavy (non-hydrogen) atoms. The van der Waals surface area contributed by atoms with Crippen molar-refractivity contribution in [2.75, 3.05) is 32.8 Å². The molecule has 0 aliphatic heterocycles. The van der Waals surface area contributed by atoms with Crippen LogP contribution in [0.2, 0.25) is 0 Å². The maximum atomic E-state index is 11.4. The molecular weight excluding hydrogens is 1250 g/mol. The van der Waals surface area contributed by atoms with Crippen molar-refractivity contribution in [2.45, 2.75) is 52.4 Å². The fourth-order valence-corrected chi connectivity index (χ4v) is 17.6. The smallest absolute Gasteiger partial charge is 1.00 e. The minimum absolute atomic E-state index is 0. The molecule has 0 saturated carbocycles. The van der Waals surface area contributed by atoms with Crippen LogP contribution in [0.15, 0.2) is 255 Å². The summed E-state index contributed by atoms with van der Waals surface area (Å²) < 4.78 is 13.5. The van der Waals surface area contributed by atoms with Crippen LogP contribution in [0.25, 0.3) is 0 Å². The Balaban J connectivity index is -0.00000103. The molecule has 16 heteroatoms. The Morgan fingerprint density at radius 1 is 0.488 bits per heavy atom. The van der Waals surface area contributed by atoms with E-state index in [1.165, 1.54) is 77.5 Å². The van der Waals surface area contributed by atoms with Crippen molar-refractivity contribution >= 4 is 107 Å². The van der Waals surface area contributed by atoms with Crippen molar-refractivity contribution in [1.29, 1.82) is 0 Å². The Bertz CT molecular complexity index is 2590. The Morgan fingerprint density at radius 3 is 1.07 bits per heavy atom. The fourth-order valence-electron chi connectivity index (χ4n) is 7.23. The van der Waals surface area contributed by atoms with E-state index in [-0.39, 0.29) is 129 Å². The third kappa shape index (κ3) is 33.2. The first-order valence-corrected chi connectivity index (χ1v) is 32.6. The number of hydrogen-bond acceptors (Lipinski definition) is 10. The zero-order valence-electron chi connectivity index (χ0n) is 49.3. The summed E-state index contributed by atoms with van der Waals surface area (Å²) in [6.07, 6.45) is 28.3. The van der Waals surface area contributed by atoms with Gasteiger partial charge < -0.3 is 21.0 Å². The predicted octanol–water partition coefficient (Wildman–Crippen LogP) is 6.62. The molecule has 426 valence electrons.